The van der Waals surface area contributed by atoms with Crippen molar-refractivity contribution in [1.82, 2.24) is 4.90 Å². The summed E-state index contributed by atoms with van der Waals surface area (Å²) in [5, 5.41) is 8.90. The number of alkyl halides is 1. The third-order valence-corrected chi connectivity index (χ3v) is 4.39. The van der Waals surface area contributed by atoms with Gasteiger partial charge in [-0.25, -0.2) is 4.39 Å². The lowest BCUT2D eigenvalue weighted by molar-refractivity contribution is 0.00335. The van der Waals surface area contributed by atoms with Gasteiger partial charge in [-0.3, -0.25) is 4.90 Å². The van der Waals surface area contributed by atoms with Gasteiger partial charge in [0.1, 0.15) is 6.17 Å². The van der Waals surface area contributed by atoms with E-state index in [4.69, 9.17) is 5.26 Å². The first-order valence-corrected chi connectivity index (χ1v) is 6.97. The molecule has 1 heterocycles. The molecule has 2 nitrogen and oxygen atoms in total. The summed E-state index contributed by atoms with van der Waals surface area (Å²) in [7, 11) is 0. The molecule has 0 spiro atoms. The van der Waals surface area contributed by atoms with Gasteiger partial charge in [-0.2, -0.15) is 5.26 Å². The quantitative estimate of drug-likeness (QED) is 0.828. The van der Waals surface area contributed by atoms with Crippen molar-refractivity contribution in [2.24, 2.45) is 5.41 Å². The van der Waals surface area contributed by atoms with Crippen LogP contribution in [0.1, 0.15) is 31.7 Å². The van der Waals surface area contributed by atoms with Gasteiger partial charge in [0.05, 0.1) is 6.07 Å². The molecule has 1 aliphatic rings. The van der Waals surface area contributed by atoms with Crippen LogP contribution in [-0.2, 0) is 6.54 Å². The molecule has 0 amide bonds. The Morgan fingerprint density at radius 3 is 2.74 bits per heavy atom. The highest BCUT2D eigenvalue weighted by Crippen LogP contribution is 2.40. The number of nitriles is 1. The van der Waals surface area contributed by atoms with Crippen LogP contribution in [-0.4, -0.2) is 24.2 Å². The zero-order chi connectivity index (χ0) is 13.7. The number of halogens is 1. The molecular weight excluding hydrogens is 239 g/mol. The lowest BCUT2D eigenvalue weighted by Crippen LogP contribution is -2.48. The normalized spacial score (nSPS) is 27.9. The molecule has 2 atom stereocenters. The Hall–Kier alpha value is -1.40. The standard InChI is InChI=1S/C16H21FN2/c1-2-16(8-10-18)9-11-19(13-15(16)17)12-14-6-4-3-5-7-14/h3-7,15H,2,8-9,11-13H2,1H3/t15-,16-/m1/s1. The van der Waals surface area contributed by atoms with E-state index in [1.54, 1.807) is 0 Å². The third-order valence-electron chi connectivity index (χ3n) is 4.39. The Balaban J connectivity index is 1.98. The molecule has 1 saturated heterocycles. The molecule has 1 fully saturated rings. The number of benzene rings is 1. The molecule has 1 aromatic rings. The van der Waals surface area contributed by atoms with Gasteiger partial charge in [0.25, 0.3) is 0 Å². The fourth-order valence-electron chi connectivity index (χ4n) is 2.91. The SMILES string of the molecule is CC[C@@]1(CC#N)CCN(Cc2ccccc2)C[C@H]1F. The molecule has 19 heavy (non-hydrogen) atoms. The molecule has 0 N–H and O–H groups in total. The Bertz CT molecular complexity index is 440. The average molecular weight is 260 g/mol. The summed E-state index contributed by atoms with van der Waals surface area (Å²) in [6.07, 6.45) is 0.977. The first-order valence-electron chi connectivity index (χ1n) is 6.97. The van der Waals surface area contributed by atoms with Crippen LogP contribution in [0.25, 0.3) is 0 Å². The van der Waals surface area contributed by atoms with Crippen molar-refractivity contribution < 1.29 is 4.39 Å². The molecule has 3 heteroatoms. The molecule has 0 saturated carbocycles. The van der Waals surface area contributed by atoms with E-state index in [2.05, 4.69) is 23.1 Å². The van der Waals surface area contributed by atoms with Crippen molar-refractivity contribution in [1.29, 1.82) is 5.26 Å². The summed E-state index contributed by atoms with van der Waals surface area (Å²) in [6.45, 7) is 4.12. The highest BCUT2D eigenvalue weighted by molar-refractivity contribution is 5.14. The largest absolute Gasteiger partial charge is 0.296 e. The smallest absolute Gasteiger partial charge is 0.119 e. The van der Waals surface area contributed by atoms with E-state index < -0.39 is 11.6 Å². The van der Waals surface area contributed by atoms with Crippen molar-refractivity contribution in [3.63, 3.8) is 0 Å². The molecule has 0 unspecified atom stereocenters. The molecule has 1 aliphatic heterocycles. The Kier molecular flexibility index (Phi) is 4.55. The van der Waals surface area contributed by atoms with Gasteiger partial charge < -0.3 is 0 Å². The van der Waals surface area contributed by atoms with E-state index in [1.165, 1.54) is 5.56 Å². The fraction of sp³-hybridized carbons (Fsp3) is 0.562. The number of rotatable bonds is 4. The van der Waals surface area contributed by atoms with Crippen LogP contribution in [0, 0.1) is 16.7 Å². The Morgan fingerprint density at radius 1 is 1.42 bits per heavy atom. The van der Waals surface area contributed by atoms with Crippen molar-refractivity contribution in [3.8, 4) is 6.07 Å². The maximum Gasteiger partial charge on any atom is 0.119 e. The van der Waals surface area contributed by atoms with Crippen LogP contribution >= 0.6 is 0 Å². The predicted octanol–water partition coefficient (Wildman–Crippen LogP) is 3.54. The van der Waals surface area contributed by atoms with Crippen molar-refractivity contribution in [3.05, 3.63) is 35.9 Å². The van der Waals surface area contributed by atoms with Gasteiger partial charge in [0, 0.05) is 24.9 Å². The number of piperidine rings is 1. The monoisotopic (exact) mass is 260 g/mol. The van der Waals surface area contributed by atoms with E-state index in [1.807, 2.05) is 25.1 Å². The van der Waals surface area contributed by atoms with Crippen LogP contribution in [0.5, 0.6) is 0 Å². The zero-order valence-corrected chi connectivity index (χ0v) is 11.5. The number of likely N-dealkylation sites (tertiary alicyclic amines) is 1. The van der Waals surface area contributed by atoms with E-state index in [0.29, 0.717) is 13.0 Å². The fourth-order valence-corrected chi connectivity index (χ4v) is 2.91. The van der Waals surface area contributed by atoms with Crippen LogP contribution in [0.2, 0.25) is 0 Å². The second-order valence-corrected chi connectivity index (χ2v) is 5.49. The van der Waals surface area contributed by atoms with Gasteiger partial charge >= 0.3 is 0 Å². The van der Waals surface area contributed by atoms with Gasteiger partial charge in [-0.05, 0) is 24.9 Å². The topological polar surface area (TPSA) is 27.0 Å². The van der Waals surface area contributed by atoms with Gasteiger partial charge in [0.2, 0.25) is 0 Å². The minimum Gasteiger partial charge on any atom is -0.296 e. The predicted molar refractivity (Wildman–Crippen MR) is 74.2 cm³/mol. The molecule has 0 bridgehead atoms. The first kappa shape index (κ1) is 14.0. The lowest BCUT2D eigenvalue weighted by Gasteiger charge is -2.42. The second kappa shape index (κ2) is 6.16. The van der Waals surface area contributed by atoms with E-state index in [0.717, 1.165) is 25.9 Å². The van der Waals surface area contributed by atoms with Crippen LogP contribution in [0.3, 0.4) is 0 Å². The highest BCUT2D eigenvalue weighted by atomic mass is 19.1. The number of hydrogen-bond acceptors (Lipinski definition) is 2. The summed E-state index contributed by atoms with van der Waals surface area (Å²) in [5.41, 5.74) is 0.807. The van der Waals surface area contributed by atoms with Gasteiger partial charge in [0.15, 0.2) is 0 Å². The van der Waals surface area contributed by atoms with E-state index >= 15 is 0 Å². The van der Waals surface area contributed by atoms with Gasteiger partial charge in [-0.15, -0.1) is 0 Å². The average Bonchev–Trinajstić information content (AvgIpc) is 2.43. The lowest BCUT2D eigenvalue weighted by atomic mass is 9.72. The zero-order valence-electron chi connectivity index (χ0n) is 11.5. The van der Waals surface area contributed by atoms with Crippen LogP contribution in [0.4, 0.5) is 4.39 Å². The van der Waals surface area contributed by atoms with Crippen molar-refractivity contribution in [2.75, 3.05) is 13.1 Å². The minimum atomic E-state index is -0.894. The Labute approximate surface area is 114 Å². The summed E-state index contributed by atoms with van der Waals surface area (Å²) in [4.78, 5) is 2.16. The van der Waals surface area contributed by atoms with Crippen molar-refractivity contribution in [2.45, 2.75) is 38.9 Å². The maximum atomic E-state index is 14.5. The number of hydrogen-bond donors (Lipinski definition) is 0. The molecule has 0 aromatic heterocycles. The van der Waals surface area contributed by atoms with Crippen LogP contribution in [0.15, 0.2) is 30.3 Å². The number of nitrogens with zero attached hydrogens (tertiary/aromatic N) is 2. The minimum absolute atomic E-state index is 0.337. The summed E-state index contributed by atoms with van der Waals surface area (Å²) in [5.74, 6) is 0. The van der Waals surface area contributed by atoms with E-state index in [9.17, 15) is 4.39 Å². The molecule has 0 radical (unpaired) electrons. The van der Waals surface area contributed by atoms with Gasteiger partial charge in [-0.1, -0.05) is 37.3 Å². The summed E-state index contributed by atoms with van der Waals surface area (Å²) >= 11 is 0. The van der Waals surface area contributed by atoms with E-state index in [-0.39, 0.29) is 0 Å². The third kappa shape index (κ3) is 3.13. The maximum absolute atomic E-state index is 14.5. The van der Waals surface area contributed by atoms with Crippen molar-refractivity contribution >= 4 is 0 Å². The molecule has 2 rings (SSSR count). The Morgan fingerprint density at radius 2 is 2.16 bits per heavy atom. The molecular formula is C16H21FN2. The molecule has 1 aromatic carbocycles. The highest BCUT2D eigenvalue weighted by Gasteiger charge is 2.41. The molecule has 102 valence electrons. The summed E-state index contributed by atoms with van der Waals surface area (Å²) in [6, 6.07) is 12.3. The molecule has 0 aliphatic carbocycles. The van der Waals surface area contributed by atoms with Crippen LogP contribution < -0.4 is 0 Å². The second-order valence-electron chi connectivity index (χ2n) is 5.49. The first-order chi connectivity index (χ1) is 9.20. The summed E-state index contributed by atoms with van der Waals surface area (Å²) < 4.78 is 14.5.